The van der Waals surface area contributed by atoms with E-state index in [1.807, 2.05) is 20.2 Å². The standard InChI is InChI=1S/C23H33N3O/c1-16-14-19(20-15-25(5)22(27)18(3)17(20)2)6-7-21(16)23(8-9-23)26-12-10-24(4)11-13-26/h6-7,14-16,21H,8-13H2,1-5H3. The first kappa shape index (κ1) is 18.7. The minimum absolute atomic E-state index is 0.106. The van der Waals surface area contributed by atoms with Crippen molar-refractivity contribution in [3.05, 3.63) is 51.5 Å². The second kappa shape index (κ2) is 6.75. The van der Waals surface area contributed by atoms with E-state index in [0.717, 1.165) is 11.1 Å². The third-order valence-corrected chi connectivity index (χ3v) is 7.25. The molecule has 0 N–H and O–H groups in total. The van der Waals surface area contributed by atoms with Gasteiger partial charge in [-0.2, -0.15) is 0 Å². The van der Waals surface area contributed by atoms with Gasteiger partial charge in [-0.25, -0.2) is 0 Å². The molecule has 2 unspecified atom stereocenters. The highest BCUT2D eigenvalue weighted by Gasteiger charge is 2.54. The predicted molar refractivity (Wildman–Crippen MR) is 112 cm³/mol. The molecular formula is C23H33N3O. The summed E-state index contributed by atoms with van der Waals surface area (Å²) in [5, 5.41) is 0. The van der Waals surface area contributed by atoms with Crippen molar-refractivity contribution in [1.29, 1.82) is 0 Å². The molecule has 3 aliphatic rings. The van der Waals surface area contributed by atoms with Crippen molar-refractivity contribution in [2.24, 2.45) is 18.9 Å². The first-order chi connectivity index (χ1) is 12.8. The molecular weight excluding hydrogens is 334 g/mol. The van der Waals surface area contributed by atoms with Crippen LogP contribution in [0.4, 0.5) is 0 Å². The lowest BCUT2D eigenvalue weighted by Gasteiger charge is -2.43. The van der Waals surface area contributed by atoms with Gasteiger partial charge in [0.1, 0.15) is 0 Å². The van der Waals surface area contributed by atoms with Crippen LogP contribution in [-0.2, 0) is 7.05 Å². The minimum atomic E-state index is 0.106. The fourth-order valence-corrected chi connectivity index (χ4v) is 5.18. The first-order valence-electron chi connectivity index (χ1n) is 10.3. The van der Waals surface area contributed by atoms with Gasteiger partial charge in [0.05, 0.1) is 0 Å². The van der Waals surface area contributed by atoms with Gasteiger partial charge in [-0.1, -0.05) is 25.2 Å². The number of aryl methyl sites for hydroxylation is 1. The topological polar surface area (TPSA) is 28.5 Å². The van der Waals surface area contributed by atoms with E-state index in [4.69, 9.17) is 0 Å². The second-order valence-electron chi connectivity index (χ2n) is 8.97. The van der Waals surface area contributed by atoms with Crippen LogP contribution in [0.3, 0.4) is 0 Å². The van der Waals surface area contributed by atoms with Gasteiger partial charge in [0.2, 0.25) is 0 Å². The van der Waals surface area contributed by atoms with Crippen molar-refractivity contribution in [1.82, 2.24) is 14.4 Å². The summed E-state index contributed by atoms with van der Waals surface area (Å²) in [4.78, 5) is 17.4. The van der Waals surface area contributed by atoms with E-state index < -0.39 is 0 Å². The largest absolute Gasteiger partial charge is 0.318 e. The Labute approximate surface area is 163 Å². The molecule has 0 radical (unpaired) electrons. The van der Waals surface area contributed by atoms with Crippen LogP contribution in [-0.4, -0.2) is 53.1 Å². The van der Waals surface area contributed by atoms with Gasteiger partial charge < -0.3 is 9.47 Å². The van der Waals surface area contributed by atoms with Crippen LogP contribution in [0.5, 0.6) is 0 Å². The van der Waals surface area contributed by atoms with Crippen LogP contribution in [0.25, 0.3) is 5.57 Å². The normalized spacial score (nSPS) is 28.3. The van der Waals surface area contributed by atoms with E-state index in [1.165, 1.54) is 50.2 Å². The third kappa shape index (κ3) is 3.13. The number of rotatable bonds is 3. The molecule has 27 heavy (non-hydrogen) atoms. The fraction of sp³-hybridized carbons (Fsp3) is 0.609. The summed E-state index contributed by atoms with van der Waals surface area (Å²) in [6.07, 6.45) is 11.9. The summed E-state index contributed by atoms with van der Waals surface area (Å²) in [6, 6.07) is 0. The van der Waals surface area contributed by atoms with Gasteiger partial charge in [0.15, 0.2) is 0 Å². The average molecular weight is 368 g/mol. The zero-order valence-electron chi connectivity index (χ0n) is 17.5. The van der Waals surface area contributed by atoms with Gasteiger partial charge >= 0.3 is 0 Å². The molecule has 146 valence electrons. The molecule has 4 rings (SSSR count). The third-order valence-electron chi connectivity index (χ3n) is 7.25. The van der Waals surface area contributed by atoms with Crippen LogP contribution in [0.1, 0.15) is 36.5 Å². The first-order valence-corrected chi connectivity index (χ1v) is 10.3. The van der Waals surface area contributed by atoms with Gasteiger partial charge in [-0.15, -0.1) is 0 Å². The Balaban J connectivity index is 1.59. The lowest BCUT2D eigenvalue weighted by Crippen LogP contribution is -2.53. The Kier molecular flexibility index (Phi) is 4.68. The number of hydrogen-bond donors (Lipinski definition) is 0. The number of likely N-dealkylation sites (N-methyl/N-ethyl adjacent to an activating group) is 1. The van der Waals surface area contributed by atoms with E-state index in [0.29, 0.717) is 17.4 Å². The number of pyridine rings is 1. The second-order valence-corrected chi connectivity index (χ2v) is 8.97. The molecule has 0 aromatic carbocycles. The minimum Gasteiger partial charge on any atom is -0.318 e. The SMILES string of the molecule is Cc1c(C2=CC(C)C(C3(N4CCN(C)CC4)CC3)C=C2)cn(C)c(=O)c1C. The molecule has 2 aliphatic carbocycles. The Morgan fingerprint density at radius 1 is 1.04 bits per heavy atom. The number of allylic oxidation sites excluding steroid dienone is 3. The molecule has 1 aromatic rings. The van der Waals surface area contributed by atoms with Crippen molar-refractivity contribution in [2.75, 3.05) is 33.2 Å². The summed E-state index contributed by atoms with van der Waals surface area (Å²) in [5.41, 5.74) is 4.92. The lowest BCUT2D eigenvalue weighted by molar-refractivity contribution is 0.0673. The van der Waals surface area contributed by atoms with E-state index in [1.54, 1.807) is 4.57 Å². The maximum absolute atomic E-state index is 12.2. The summed E-state index contributed by atoms with van der Waals surface area (Å²) < 4.78 is 1.72. The molecule has 1 saturated carbocycles. The Hall–Kier alpha value is -1.65. The maximum atomic E-state index is 12.2. The molecule has 2 heterocycles. The smallest absolute Gasteiger partial charge is 0.253 e. The van der Waals surface area contributed by atoms with Crippen molar-refractivity contribution < 1.29 is 0 Å². The molecule has 4 heteroatoms. The zero-order valence-corrected chi connectivity index (χ0v) is 17.5. The van der Waals surface area contributed by atoms with Crippen LogP contribution >= 0.6 is 0 Å². The van der Waals surface area contributed by atoms with Crippen LogP contribution in [0.15, 0.2) is 29.2 Å². The summed E-state index contributed by atoms with van der Waals surface area (Å²) >= 11 is 0. The molecule has 0 amide bonds. The summed E-state index contributed by atoms with van der Waals surface area (Å²) in [6.45, 7) is 11.1. The Bertz CT molecular complexity index is 851. The molecule has 1 saturated heterocycles. The summed E-state index contributed by atoms with van der Waals surface area (Å²) in [7, 11) is 4.08. The fourth-order valence-electron chi connectivity index (χ4n) is 5.18. The number of piperazine rings is 1. The van der Waals surface area contributed by atoms with Crippen LogP contribution in [0.2, 0.25) is 0 Å². The van der Waals surface area contributed by atoms with Crippen molar-refractivity contribution >= 4 is 5.57 Å². The number of hydrogen-bond acceptors (Lipinski definition) is 3. The molecule has 2 atom stereocenters. The monoisotopic (exact) mass is 367 g/mol. The van der Waals surface area contributed by atoms with E-state index in [9.17, 15) is 4.79 Å². The zero-order chi connectivity index (χ0) is 19.3. The van der Waals surface area contributed by atoms with Gasteiger partial charge in [-0.05, 0) is 50.8 Å². The molecule has 1 aromatic heterocycles. The molecule has 4 nitrogen and oxygen atoms in total. The van der Waals surface area contributed by atoms with Crippen molar-refractivity contribution in [3.8, 4) is 0 Å². The quantitative estimate of drug-likeness (QED) is 0.822. The molecule has 0 spiro atoms. The van der Waals surface area contributed by atoms with Gasteiger partial charge in [-0.3, -0.25) is 9.69 Å². The highest BCUT2D eigenvalue weighted by molar-refractivity contribution is 5.77. The lowest BCUT2D eigenvalue weighted by atomic mass is 9.78. The predicted octanol–water partition coefficient (Wildman–Crippen LogP) is 2.99. The highest BCUT2D eigenvalue weighted by Crippen LogP contribution is 2.53. The number of aromatic nitrogens is 1. The Morgan fingerprint density at radius 2 is 1.70 bits per heavy atom. The Morgan fingerprint density at radius 3 is 2.30 bits per heavy atom. The van der Waals surface area contributed by atoms with E-state index in [2.05, 4.69) is 48.9 Å². The summed E-state index contributed by atoms with van der Waals surface area (Å²) in [5.74, 6) is 1.11. The van der Waals surface area contributed by atoms with E-state index in [-0.39, 0.29) is 5.56 Å². The van der Waals surface area contributed by atoms with E-state index >= 15 is 0 Å². The molecule has 0 bridgehead atoms. The van der Waals surface area contributed by atoms with Crippen molar-refractivity contribution in [2.45, 2.75) is 39.2 Å². The molecule has 2 fully saturated rings. The molecule has 1 aliphatic heterocycles. The maximum Gasteiger partial charge on any atom is 0.253 e. The number of nitrogens with zero attached hydrogens (tertiary/aromatic N) is 3. The van der Waals surface area contributed by atoms with Gasteiger partial charge in [0, 0.05) is 62.0 Å². The van der Waals surface area contributed by atoms with Crippen LogP contribution in [0, 0.1) is 25.7 Å². The van der Waals surface area contributed by atoms with Crippen molar-refractivity contribution in [3.63, 3.8) is 0 Å². The highest BCUT2D eigenvalue weighted by atomic mass is 16.1. The van der Waals surface area contributed by atoms with Gasteiger partial charge in [0.25, 0.3) is 5.56 Å². The average Bonchev–Trinajstić information content (AvgIpc) is 3.45. The van der Waals surface area contributed by atoms with Crippen LogP contribution < -0.4 is 5.56 Å².